The minimum absolute atomic E-state index is 0.125. The SMILES string of the molecule is CO[C@H](O)C1=CCCCC(C(F)(F)F)C1. The van der Waals surface area contributed by atoms with Gasteiger partial charge in [0.05, 0.1) is 5.92 Å². The molecule has 0 radical (unpaired) electrons. The molecular weight excluding hydrogens is 209 g/mol. The molecule has 88 valence electrons. The number of halogens is 3. The van der Waals surface area contributed by atoms with Gasteiger partial charge in [0, 0.05) is 7.11 Å². The van der Waals surface area contributed by atoms with E-state index in [-0.39, 0.29) is 12.8 Å². The van der Waals surface area contributed by atoms with E-state index in [1.807, 2.05) is 0 Å². The van der Waals surface area contributed by atoms with Gasteiger partial charge < -0.3 is 9.84 Å². The summed E-state index contributed by atoms with van der Waals surface area (Å²) in [7, 11) is 1.28. The number of hydrogen-bond donors (Lipinski definition) is 1. The average molecular weight is 224 g/mol. The minimum Gasteiger partial charge on any atom is -0.364 e. The fraction of sp³-hybridized carbons (Fsp3) is 0.800. The Labute approximate surface area is 86.7 Å². The molecule has 1 aliphatic carbocycles. The predicted molar refractivity (Wildman–Crippen MR) is 49.1 cm³/mol. The van der Waals surface area contributed by atoms with E-state index >= 15 is 0 Å². The van der Waals surface area contributed by atoms with Crippen molar-refractivity contribution < 1.29 is 23.0 Å². The van der Waals surface area contributed by atoms with E-state index in [1.54, 1.807) is 6.08 Å². The van der Waals surface area contributed by atoms with Crippen LogP contribution in [0.15, 0.2) is 11.6 Å². The van der Waals surface area contributed by atoms with Crippen LogP contribution in [0.25, 0.3) is 0 Å². The van der Waals surface area contributed by atoms with Crippen LogP contribution in [0.4, 0.5) is 13.2 Å². The first kappa shape index (κ1) is 12.5. The second-order valence-electron chi connectivity index (χ2n) is 3.74. The molecule has 0 bridgehead atoms. The van der Waals surface area contributed by atoms with Crippen molar-refractivity contribution in [3.8, 4) is 0 Å². The van der Waals surface area contributed by atoms with E-state index in [2.05, 4.69) is 4.74 Å². The Hall–Kier alpha value is -0.550. The van der Waals surface area contributed by atoms with Crippen LogP contribution in [0.5, 0.6) is 0 Å². The van der Waals surface area contributed by atoms with Crippen molar-refractivity contribution in [1.82, 2.24) is 0 Å². The predicted octanol–water partition coefficient (Wildman–Crippen LogP) is 2.63. The molecule has 1 unspecified atom stereocenters. The summed E-state index contributed by atoms with van der Waals surface area (Å²) in [6.07, 6.45) is -2.69. The lowest BCUT2D eigenvalue weighted by molar-refractivity contribution is -0.177. The number of aliphatic hydroxyl groups is 1. The molecule has 1 rings (SSSR count). The molecule has 1 N–H and O–H groups in total. The van der Waals surface area contributed by atoms with Gasteiger partial charge >= 0.3 is 6.18 Å². The molecule has 0 heterocycles. The first-order valence-electron chi connectivity index (χ1n) is 4.91. The zero-order valence-electron chi connectivity index (χ0n) is 8.55. The van der Waals surface area contributed by atoms with E-state index in [9.17, 15) is 18.3 Å². The maximum atomic E-state index is 12.5. The van der Waals surface area contributed by atoms with E-state index < -0.39 is 18.4 Å². The molecule has 1 aliphatic rings. The van der Waals surface area contributed by atoms with Gasteiger partial charge in [-0.1, -0.05) is 6.08 Å². The van der Waals surface area contributed by atoms with Crippen LogP contribution in [-0.4, -0.2) is 24.7 Å². The molecule has 0 fully saturated rings. The number of aliphatic hydroxyl groups excluding tert-OH is 1. The van der Waals surface area contributed by atoms with Crippen LogP contribution in [0.3, 0.4) is 0 Å². The van der Waals surface area contributed by atoms with Crippen LogP contribution >= 0.6 is 0 Å². The van der Waals surface area contributed by atoms with Crippen molar-refractivity contribution >= 4 is 0 Å². The Morgan fingerprint density at radius 2 is 2.20 bits per heavy atom. The van der Waals surface area contributed by atoms with Crippen LogP contribution in [0.2, 0.25) is 0 Å². The van der Waals surface area contributed by atoms with Crippen LogP contribution in [-0.2, 0) is 4.74 Å². The second kappa shape index (κ2) is 4.99. The molecule has 2 nitrogen and oxygen atoms in total. The third-order valence-electron chi connectivity index (χ3n) is 2.65. The maximum Gasteiger partial charge on any atom is 0.392 e. The van der Waals surface area contributed by atoms with Crippen molar-refractivity contribution in [3.05, 3.63) is 11.6 Å². The first-order chi connectivity index (χ1) is 6.95. The molecular formula is C10H15F3O2. The van der Waals surface area contributed by atoms with Crippen LogP contribution < -0.4 is 0 Å². The molecule has 5 heteroatoms. The van der Waals surface area contributed by atoms with E-state index in [1.165, 1.54) is 7.11 Å². The molecule has 2 atom stereocenters. The average Bonchev–Trinajstić information content (AvgIpc) is 2.40. The summed E-state index contributed by atoms with van der Waals surface area (Å²) < 4.78 is 42.2. The van der Waals surface area contributed by atoms with Gasteiger partial charge in [-0.3, -0.25) is 0 Å². The van der Waals surface area contributed by atoms with Crippen molar-refractivity contribution in [3.63, 3.8) is 0 Å². The second-order valence-corrected chi connectivity index (χ2v) is 3.74. The zero-order chi connectivity index (χ0) is 11.5. The van der Waals surface area contributed by atoms with Gasteiger partial charge in [0.1, 0.15) is 0 Å². The Kier molecular flexibility index (Phi) is 4.16. The monoisotopic (exact) mass is 224 g/mol. The lowest BCUT2D eigenvalue weighted by Crippen LogP contribution is -2.25. The van der Waals surface area contributed by atoms with Gasteiger partial charge in [0.15, 0.2) is 6.29 Å². The molecule has 0 aliphatic heterocycles. The Balaban J connectivity index is 2.70. The fourth-order valence-electron chi connectivity index (χ4n) is 1.75. The summed E-state index contributed by atoms with van der Waals surface area (Å²) in [5, 5.41) is 9.33. The van der Waals surface area contributed by atoms with E-state index in [0.29, 0.717) is 18.4 Å². The number of allylic oxidation sites excluding steroid dienone is 1. The van der Waals surface area contributed by atoms with Gasteiger partial charge in [0.2, 0.25) is 0 Å². The molecule has 0 aromatic carbocycles. The maximum absolute atomic E-state index is 12.5. The number of rotatable bonds is 2. The van der Waals surface area contributed by atoms with Crippen molar-refractivity contribution in [2.24, 2.45) is 5.92 Å². The van der Waals surface area contributed by atoms with Gasteiger partial charge in [-0.15, -0.1) is 0 Å². The minimum atomic E-state index is -4.18. The van der Waals surface area contributed by atoms with E-state index in [0.717, 1.165) is 0 Å². The number of alkyl halides is 3. The van der Waals surface area contributed by atoms with Gasteiger partial charge in [-0.2, -0.15) is 13.2 Å². The Morgan fingerprint density at radius 3 is 2.73 bits per heavy atom. The molecule has 0 spiro atoms. The van der Waals surface area contributed by atoms with Gasteiger partial charge in [-0.25, -0.2) is 0 Å². The molecule has 0 aromatic heterocycles. The highest BCUT2D eigenvalue weighted by molar-refractivity contribution is 5.08. The highest BCUT2D eigenvalue weighted by Gasteiger charge is 2.40. The molecule has 0 saturated carbocycles. The smallest absolute Gasteiger partial charge is 0.364 e. The van der Waals surface area contributed by atoms with Crippen molar-refractivity contribution in [2.75, 3.05) is 7.11 Å². The summed E-state index contributed by atoms with van der Waals surface area (Å²) >= 11 is 0. The third kappa shape index (κ3) is 3.50. The Morgan fingerprint density at radius 1 is 1.53 bits per heavy atom. The fourth-order valence-corrected chi connectivity index (χ4v) is 1.75. The Bertz CT molecular complexity index is 235. The quantitative estimate of drug-likeness (QED) is 0.577. The van der Waals surface area contributed by atoms with Gasteiger partial charge in [0.25, 0.3) is 0 Å². The standard InChI is InChI=1S/C10H15F3O2/c1-15-9(14)7-4-2-3-5-8(6-7)10(11,12)13/h4,8-9,14H,2-3,5-6H2,1H3/t8?,9-/m0/s1. The van der Waals surface area contributed by atoms with Crippen molar-refractivity contribution in [2.45, 2.75) is 38.1 Å². The molecule has 0 aromatic rings. The molecule has 0 amide bonds. The first-order valence-corrected chi connectivity index (χ1v) is 4.91. The molecule has 15 heavy (non-hydrogen) atoms. The number of hydrogen-bond acceptors (Lipinski definition) is 2. The summed E-state index contributed by atoms with van der Waals surface area (Å²) in [5.41, 5.74) is 0.345. The third-order valence-corrected chi connectivity index (χ3v) is 2.65. The lowest BCUT2D eigenvalue weighted by Gasteiger charge is -2.21. The normalized spacial score (nSPS) is 25.7. The lowest BCUT2D eigenvalue weighted by atomic mass is 9.96. The van der Waals surface area contributed by atoms with E-state index in [4.69, 9.17) is 0 Å². The topological polar surface area (TPSA) is 29.5 Å². The van der Waals surface area contributed by atoms with Crippen LogP contribution in [0.1, 0.15) is 25.7 Å². The number of methoxy groups -OCH3 is 1. The summed E-state index contributed by atoms with van der Waals surface area (Å²) in [5.74, 6) is -1.35. The summed E-state index contributed by atoms with van der Waals surface area (Å²) in [4.78, 5) is 0. The summed E-state index contributed by atoms with van der Waals surface area (Å²) in [6.45, 7) is 0. The zero-order valence-corrected chi connectivity index (χ0v) is 8.55. The van der Waals surface area contributed by atoms with Crippen LogP contribution in [0, 0.1) is 5.92 Å². The largest absolute Gasteiger partial charge is 0.392 e. The highest BCUT2D eigenvalue weighted by Crippen LogP contribution is 2.37. The van der Waals surface area contributed by atoms with Crippen molar-refractivity contribution in [1.29, 1.82) is 0 Å². The highest BCUT2D eigenvalue weighted by atomic mass is 19.4. The van der Waals surface area contributed by atoms with Gasteiger partial charge in [-0.05, 0) is 31.3 Å². The number of ether oxygens (including phenoxy) is 1. The summed E-state index contributed by atoms with van der Waals surface area (Å²) in [6, 6.07) is 0. The molecule has 0 saturated heterocycles.